The topological polar surface area (TPSA) is 59.0 Å². The highest BCUT2D eigenvalue weighted by atomic mass is 35.5. The lowest BCUT2D eigenvalue weighted by atomic mass is 10.0. The summed E-state index contributed by atoms with van der Waals surface area (Å²) in [6, 6.07) is 10.5. The Morgan fingerprint density at radius 3 is 2.69 bits per heavy atom. The van der Waals surface area contributed by atoms with Gasteiger partial charge in [0.25, 0.3) is 5.91 Å². The number of benzene rings is 2. The van der Waals surface area contributed by atoms with Crippen LogP contribution in [0.1, 0.15) is 41.2 Å². The molecular formula is C20H20ClNO4. The number of halogens is 1. The number of hydrogen-bond acceptors (Lipinski definition) is 4. The summed E-state index contributed by atoms with van der Waals surface area (Å²) in [5.41, 5.74) is 1.53. The van der Waals surface area contributed by atoms with Gasteiger partial charge in [0, 0.05) is 18.5 Å². The van der Waals surface area contributed by atoms with Crippen molar-refractivity contribution in [3.05, 3.63) is 52.5 Å². The molecule has 1 N–H and O–H groups in total. The van der Waals surface area contributed by atoms with Crippen molar-refractivity contribution < 1.29 is 19.4 Å². The van der Waals surface area contributed by atoms with E-state index in [0.717, 1.165) is 36.3 Å². The lowest BCUT2D eigenvalue weighted by Gasteiger charge is -2.26. The highest BCUT2D eigenvalue weighted by Gasteiger charge is 2.31. The molecule has 26 heavy (non-hydrogen) atoms. The van der Waals surface area contributed by atoms with Gasteiger partial charge in [-0.15, -0.1) is 0 Å². The fourth-order valence-corrected chi connectivity index (χ4v) is 3.73. The Morgan fingerprint density at radius 2 is 1.88 bits per heavy atom. The Morgan fingerprint density at radius 1 is 1.08 bits per heavy atom. The summed E-state index contributed by atoms with van der Waals surface area (Å²) in [5.74, 6) is 1.39. The molecule has 2 aromatic carbocycles. The fraction of sp³-hybridized carbons (Fsp3) is 0.350. The van der Waals surface area contributed by atoms with Crippen molar-refractivity contribution in [3.8, 4) is 17.2 Å². The van der Waals surface area contributed by atoms with E-state index in [4.69, 9.17) is 21.1 Å². The molecule has 2 heterocycles. The zero-order valence-corrected chi connectivity index (χ0v) is 15.0. The molecule has 0 bridgehead atoms. The van der Waals surface area contributed by atoms with E-state index in [1.54, 1.807) is 6.07 Å². The van der Waals surface area contributed by atoms with Crippen molar-refractivity contribution in [3.63, 3.8) is 0 Å². The standard InChI is InChI=1S/C20H20ClNO4/c21-15-11-14(4-6-17(15)23)20(24)22-8-1-3-16(22)13-5-7-18-19(12-13)26-10-2-9-25-18/h4-7,11-12,16,23H,1-3,8-10H2. The predicted octanol–water partition coefficient (Wildman–Crippen LogP) is 4.18. The average Bonchev–Trinajstić information content (AvgIpc) is 3.02. The smallest absolute Gasteiger partial charge is 0.254 e. The van der Waals surface area contributed by atoms with Crippen molar-refractivity contribution in [1.82, 2.24) is 4.90 Å². The predicted molar refractivity (Wildman–Crippen MR) is 98.2 cm³/mol. The van der Waals surface area contributed by atoms with Gasteiger partial charge < -0.3 is 19.5 Å². The van der Waals surface area contributed by atoms with Crippen molar-refractivity contribution in [2.45, 2.75) is 25.3 Å². The first-order valence-corrected chi connectivity index (χ1v) is 9.20. The van der Waals surface area contributed by atoms with Crippen LogP contribution in [0.2, 0.25) is 5.02 Å². The summed E-state index contributed by atoms with van der Waals surface area (Å²) < 4.78 is 11.5. The van der Waals surface area contributed by atoms with E-state index < -0.39 is 0 Å². The van der Waals surface area contributed by atoms with Gasteiger partial charge in [-0.05, 0) is 48.7 Å². The Balaban J connectivity index is 1.61. The number of nitrogens with zero attached hydrogens (tertiary/aromatic N) is 1. The highest BCUT2D eigenvalue weighted by Crippen LogP contribution is 2.38. The van der Waals surface area contributed by atoms with Gasteiger partial charge >= 0.3 is 0 Å². The van der Waals surface area contributed by atoms with Gasteiger partial charge in [-0.3, -0.25) is 4.79 Å². The molecule has 136 valence electrons. The number of ether oxygens (including phenoxy) is 2. The van der Waals surface area contributed by atoms with Crippen LogP contribution in [-0.4, -0.2) is 35.7 Å². The molecule has 1 atom stereocenters. The molecule has 0 saturated carbocycles. The van der Waals surface area contributed by atoms with Crippen LogP contribution in [-0.2, 0) is 0 Å². The maximum atomic E-state index is 13.0. The lowest BCUT2D eigenvalue weighted by molar-refractivity contribution is 0.0735. The minimum Gasteiger partial charge on any atom is -0.506 e. The third kappa shape index (κ3) is 3.19. The summed E-state index contributed by atoms with van der Waals surface area (Å²) in [4.78, 5) is 14.8. The molecule has 1 saturated heterocycles. The first-order valence-electron chi connectivity index (χ1n) is 8.82. The molecule has 0 aromatic heterocycles. The molecule has 5 nitrogen and oxygen atoms in total. The van der Waals surface area contributed by atoms with Crippen LogP contribution in [0.3, 0.4) is 0 Å². The SMILES string of the molecule is O=C(c1ccc(O)c(Cl)c1)N1CCCC1c1ccc2c(c1)OCCCO2. The van der Waals surface area contributed by atoms with Gasteiger partial charge in [0.2, 0.25) is 0 Å². The van der Waals surface area contributed by atoms with Crippen LogP contribution in [0.25, 0.3) is 0 Å². The zero-order valence-electron chi connectivity index (χ0n) is 14.3. The molecule has 2 aliphatic heterocycles. The fourth-order valence-electron chi connectivity index (χ4n) is 3.55. The molecule has 0 aliphatic carbocycles. The third-order valence-corrected chi connectivity index (χ3v) is 5.17. The van der Waals surface area contributed by atoms with E-state index in [1.165, 1.54) is 12.1 Å². The zero-order chi connectivity index (χ0) is 18.1. The van der Waals surface area contributed by atoms with Crippen LogP contribution in [0.5, 0.6) is 17.2 Å². The number of hydrogen-bond donors (Lipinski definition) is 1. The van der Waals surface area contributed by atoms with Gasteiger partial charge in [0.1, 0.15) is 5.75 Å². The minimum atomic E-state index is -0.0819. The summed E-state index contributed by atoms with van der Waals surface area (Å²) >= 11 is 5.96. The number of aromatic hydroxyl groups is 1. The quantitative estimate of drug-likeness (QED) is 0.857. The van der Waals surface area contributed by atoms with Crippen molar-refractivity contribution in [2.24, 2.45) is 0 Å². The minimum absolute atomic E-state index is 0.00719. The van der Waals surface area contributed by atoms with Crippen LogP contribution in [0, 0.1) is 0 Å². The molecule has 1 fully saturated rings. The summed E-state index contributed by atoms with van der Waals surface area (Å²) in [7, 11) is 0. The number of amides is 1. The van der Waals surface area contributed by atoms with Crippen molar-refractivity contribution in [2.75, 3.05) is 19.8 Å². The van der Waals surface area contributed by atoms with Crippen LogP contribution in [0.4, 0.5) is 0 Å². The van der Waals surface area contributed by atoms with E-state index >= 15 is 0 Å². The Hall–Kier alpha value is -2.40. The largest absolute Gasteiger partial charge is 0.506 e. The number of fused-ring (bicyclic) bond motifs is 1. The number of likely N-dealkylation sites (tertiary alicyclic amines) is 1. The van der Waals surface area contributed by atoms with E-state index in [1.807, 2.05) is 23.1 Å². The van der Waals surface area contributed by atoms with Gasteiger partial charge in [-0.25, -0.2) is 0 Å². The Bertz CT molecular complexity index is 839. The summed E-state index contributed by atoms with van der Waals surface area (Å²) in [6.45, 7) is 1.98. The lowest BCUT2D eigenvalue weighted by Crippen LogP contribution is -2.30. The Kier molecular flexibility index (Phi) is 4.64. The maximum Gasteiger partial charge on any atom is 0.254 e. The number of carbonyl (C=O) groups excluding carboxylic acids is 1. The molecule has 6 heteroatoms. The second-order valence-corrected chi connectivity index (χ2v) is 6.99. The first-order chi connectivity index (χ1) is 12.6. The number of phenolic OH excluding ortho intramolecular Hbond substituents is 1. The molecular weight excluding hydrogens is 354 g/mol. The maximum absolute atomic E-state index is 13.0. The molecule has 2 aliphatic rings. The second kappa shape index (κ2) is 7.08. The Labute approximate surface area is 157 Å². The van der Waals surface area contributed by atoms with Crippen molar-refractivity contribution >= 4 is 17.5 Å². The normalized spacial score (nSPS) is 19.3. The highest BCUT2D eigenvalue weighted by molar-refractivity contribution is 6.32. The van der Waals surface area contributed by atoms with Gasteiger partial charge in [-0.2, -0.15) is 0 Å². The molecule has 1 unspecified atom stereocenters. The van der Waals surface area contributed by atoms with E-state index in [2.05, 4.69) is 0 Å². The number of phenols is 1. The van der Waals surface area contributed by atoms with Crippen LogP contribution < -0.4 is 9.47 Å². The van der Waals surface area contributed by atoms with Gasteiger partial charge in [0.05, 0.1) is 24.3 Å². The van der Waals surface area contributed by atoms with Crippen LogP contribution in [0.15, 0.2) is 36.4 Å². The van der Waals surface area contributed by atoms with Crippen molar-refractivity contribution in [1.29, 1.82) is 0 Å². The number of rotatable bonds is 2. The molecule has 4 rings (SSSR count). The number of carbonyl (C=O) groups is 1. The molecule has 0 spiro atoms. The average molecular weight is 374 g/mol. The molecule has 1 amide bonds. The third-order valence-electron chi connectivity index (χ3n) is 4.86. The van der Waals surface area contributed by atoms with Gasteiger partial charge in [0.15, 0.2) is 11.5 Å². The second-order valence-electron chi connectivity index (χ2n) is 6.58. The van der Waals surface area contributed by atoms with E-state index in [-0.39, 0.29) is 22.7 Å². The summed E-state index contributed by atoms with van der Waals surface area (Å²) in [6.07, 6.45) is 2.70. The molecule has 0 radical (unpaired) electrons. The first kappa shape index (κ1) is 17.0. The van der Waals surface area contributed by atoms with E-state index in [9.17, 15) is 9.90 Å². The summed E-state index contributed by atoms with van der Waals surface area (Å²) in [5, 5.41) is 9.76. The van der Waals surface area contributed by atoms with Crippen LogP contribution >= 0.6 is 11.6 Å². The molecule has 2 aromatic rings. The van der Waals surface area contributed by atoms with Gasteiger partial charge in [-0.1, -0.05) is 17.7 Å². The van der Waals surface area contributed by atoms with E-state index in [0.29, 0.717) is 25.3 Å². The monoisotopic (exact) mass is 373 g/mol.